The number of hydrogen-bond donors (Lipinski definition) is 2. The molecule has 0 radical (unpaired) electrons. The molecule has 0 bridgehead atoms. The van der Waals surface area contributed by atoms with Crippen molar-refractivity contribution < 1.29 is 15.0 Å². The van der Waals surface area contributed by atoms with Crippen molar-refractivity contribution >= 4 is 5.91 Å². The Morgan fingerprint density at radius 2 is 2.04 bits per heavy atom. The normalized spacial score (nSPS) is 21.2. The first-order valence-electron chi connectivity index (χ1n) is 8.11. The summed E-state index contributed by atoms with van der Waals surface area (Å²) >= 11 is 0. The number of hydrogen-bond acceptors (Lipinski definition) is 6. The third-order valence-corrected chi connectivity index (χ3v) is 4.45. The molecule has 1 amide bonds. The Hall–Kier alpha value is -1.57. The van der Waals surface area contributed by atoms with Crippen molar-refractivity contribution in [1.82, 2.24) is 19.8 Å². The lowest BCUT2D eigenvalue weighted by molar-refractivity contribution is 0.0772. The van der Waals surface area contributed by atoms with Crippen LogP contribution in [0.1, 0.15) is 23.1 Å². The quantitative estimate of drug-likeness (QED) is 0.721. The fourth-order valence-electron chi connectivity index (χ4n) is 3.03. The van der Waals surface area contributed by atoms with Crippen molar-refractivity contribution in [3.05, 3.63) is 23.8 Å². The van der Waals surface area contributed by atoms with Gasteiger partial charge in [0, 0.05) is 44.9 Å². The van der Waals surface area contributed by atoms with E-state index in [0.29, 0.717) is 25.3 Å². The zero-order valence-corrected chi connectivity index (χ0v) is 13.9. The van der Waals surface area contributed by atoms with Gasteiger partial charge in [-0.1, -0.05) is 6.92 Å². The van der Waals surface area contributed by atoms with Gasteiger partial charge in [0.1, 0.15) is 5.69 Å². The van der Waals surface area contributed by atoms with Gasteiger partial charge in [0.05, 0.1) is 18.5 Å². The van der Waals surface area contributed by atoms with Crippen LogP contribution in [-0.4, -0.2) is 81.8 Å². The third kappa shape index (κ3) is 4.46. The van der Waals surface area contributed by atoms with Gasteiger partial charge in [-0.2, -0.15) is 0 Å². The van der Waals surface area contributed by atoms with E-state index in [2.05, 4.69) is 14.9 Å². The molecule has 7 nitrogen and oxygen atoms in total. The number of carbonyl (C=O) groups is 1. The third-order valence-electron chi connectivity index (χ3n) is 4.45. The van der Waals surface area contributed by atoms with Gasteiger partial charge in [0.2, 0.25) is 0 Å². The second kappa shape index (κ2) is 8.33. The maximum atomic E-state index is 12.5. The molecule has 1 aliphatic rings. The first kappa shape index (κ1) is 17.8. The van der Waals surface area contributed by atoms with Gasteiger partial charge in [0.15, 0.2) is 0 Å². The summed E-state index contributed by atoms with van der Waals surface area (Å²) in [6.45, 7) is 7.41. The summed E-state index contributed by atoms with van der Waals surface area (Å²) in [5.41, 5.74) is 1.12. The number of likely N-dealkylation sites (N-methyl/N-ethyl adjacent to an activating group) is 1. The number of amides is 1. The van der Waals surface area contributed by atoms with E-state index >= 15 is 0 Å². The van der Waals surface area contributed by atoms with Crippen molar-refractivity contribution in [2.75, 3.05) is 45.9 Å². The summed E-state index contributed by atoms with van der Waals surface area (Å²) < 4.78 is 0. The second-order valence-corrected chi connectivity index (χ2v) is 6.07. The van der Waals surface area contributed by atoms with E-state index in [1.807, 2.05) is 13.8 Å². The fraction of sp³-hybridized carbons (Fsp3) is 0.688. The van der Waals surface area contributed by atoms with Crippen molar-refractivity contribution in [3.63, 3.8) is 0 Å². The van der Waals surface area contributed by atoms with Gasteiger partial charge < -0.3 is 20.0 Å². The summed E-state index contributed by atoms with van der Waals surface area (Å²) in [4.78, 5) is 24.7. The first-order chi connectivity index (χ1) is 11.1. The molecule has 1 aromatic heterocycles. The van der Waals surface area contributed by atoms with Crippen LogP contribution in [0, 0.1) is 18.8 Å². The highest BCUT2D eigenvalue weighted by atomic mass is 16.3. The minimum atomic E-state index is -0.136. The number of aliphatic hydroxyl groups is 2. The molecule has 23 heavy (non-hydrogen) atoms. The lowest BCUT2D eigenvalue weighted by Crippen LogP contribution is -2.36. The smallest absolute Gasteiger partial charge is 0.274 e. The van der Waals surface area contributed by atoms with Crippen molar-refractivity contribution in [3.8, 4) is 0 Å². The van der Waals surface area contributed by atoms with Gasteiger partial charge in [0.25, 0.3) is 5.91 Å². The van der Waals surface area contributed by atoms with Crippen LogP contribution >= 0.6 is 0 Å². The SMILES string of the molecule is CCN(CCO)C[C@@H]1CN(C(=O)c2cnc(C)cn2)C[C@@H]1CO. The van der Waals surface area contributed by atoms with E-state index in [4.69, 9.17) is 5.11 Å². The maximum Gasteiger partial charge on any atom is 0.274 e. The molecule has 7 heteroatoms. The molecule has 2 N–H and O–H groups in total. The minimum Gasteiger partial charge on any atom is -0.396 e. The first-order valence-corrected chi connectivity index (χ1v) is 8.11. The summed E-state index contributed by atoms with van der Waals surface area (Å²) in [5, 5.41) is 18.7. The van der Waals surface area contributed by atoms with E-state index in [9.17, 15) is 9.90 Å². The predicted molar refractivity (Wildman–Crippen MR) is 85.9 cm³/mol. The summed E-state index contributed by atoms with van der Waals surface area (Å²) in [5.74, 6) is 0.127. The number of likely N-dealkylation sites (tertiary alicyclic amines) is 1. The molecular weight excluding hydrogens is 296 g/mol. The molecule has 0 unspecified atom stereocenters. The van der Waals surface area contributed by atoms with E-state index in [1.165, 1.54) is 6.20 Å². The lowest BCUT2D eigenvalue weighted by Gasteiger charge is -2.25. The van der Waals surface area contributed by atoms with Gasteiger partial charge in [-0.15, -0.1) is 0 Å². The Bertz CT molecular complexity index is 509. The standard InChI is InChI=1S/C16H26N4O3/c1-3-19(4-5-21)8-13-9-20(10-14(13)11-22)16(23)15-7-17-12(2)6-18-15/h6-7,13-14,21-22H,3-5,8-11H2,1-2H3/t13-,14-/m1/s1. The van der Waals surface area contributed by atoms with E-state index in [-0.39, 0.29) is 31.0 Å². The topological polar surface area (TPSA) is 89.8 Å². The number of carbonyl (C=O) groups excluding carboxylic acids is 1. The van der Waals surface area contributed by atoms with Gasteiger partial charge in [-0.25, -0.2) is 4.98 Å². The number of rotatable bonds is 7. The zero-order valence-electron chi connectivity index (χ0n) is 13.9. The fourth-order valence-corrected chi connectivity index (χ4v) is 3.03. The van der Waals surface area contributed by atoms with E-state index in [0.717, 1.165) is 18.8 Å². The van der Waals surface area contributed by atoms with Crippen LogP contribution in [0.25, 0.3) is 0 Å². The molecule has 0 aliphatic carbocycles. The molecule has 1 fully saturated rings. The largest absolute Gasteiger partial charge is 0.396 e. The number of aliphatic hydroxyl groups excluding tert-OH is 2. The van der Waals surface area contributed by atoms with E-state index in [1.54, 1.807) is 11.1 Å². The Labute approximate surface area is 137 Å². The molecule has 0 spiro atoms. The Balaban J connectivity index is 2.02. The second-order valence-electron chi connectivity index (χ2n) is 6.07. The Kier molecular flexibility index (Phi) is 6.44. The molecule has 1 aromatic rings. The molecule has 2 atom stereocenters. The minimum absolute atomic E-state index is 0.0602. The van der Waals surface area contributed by atoms with Gasteiger partial charge in [-0.05, 0) is 19.4 Å². The van der Waals surface area contributed by atoms with Gasteiger partial charge in [-0.3, -0.25) is 9.78 Å². The molecule has 0 saturated carbocycles. The zero-order chi connectivity index (χ0) is 16.8. The highest BCUT2D eigenvalue weighted by Gasteiger charge is 2.36. The van der Waals surface area contributed by atoms with Crippen molar-refractivity contribution in [2.24, 2.45) is 11.8 Å². The molecule has 128 valence electrons. The number of aromatic nitrogens is 2. The Morgan fingerprint density at radius 3 is 2.61 bits per heavy atom. The maximum absolute atomic E-state index is 12.5. The van der Waals surface area contributed by atoms with Crippen LogP contribution in [0.2, 0.25) is 0 Å². The molecule has 1 aliphatic heterocycles. The highest BCUT2D eigenvalue weighted by Crippen LogP contribution is 2.25. The van der Waals surface area contributed by atoms with Crippen LogP contribution in [0.5, 0.6) is 0 Å². The van der Waals surface area contributed by atoms with Crippen LogP contribution < -0.4 is 0 Å². The van der Waals surface area contributed by atoms with Crippen molar-refractivity contribution in [1.29, 1.82) is 0 Å². The Morgan fingerprint density at radius 1 is 1.30 bits per heavy atom. The molecule has 2 heterocycles. The van der Waals surface area contributed by atoms with Crippen LogP contribution in [-0.2, 0) is 0 Å². The molecule has 1 saturated heterocycles. The summed E-state index contributed by atoms with van der Waals surface area (Å²) in [6, 6.07) is 0. The summed E-state index contributed by atoms with van der Waals surface area (Å²) in [6.07, 6.45) is 3.09. The van der Waals surface area contributed by atoms with Gasteiger partial charge >= 0.3 is 0 Å². The van der Waals surface area contributed by atoms with Crippen molar-refractivity contribution in [2.45, 2.75) is 13.8 Å². The monoisotopic (exact) mass is 322 g/mol. The predicted octanol–water partition coefficient (Wildman–Crippen LogP) is -0.220. The van der Waals surface area contributed by atoms with E-state index < -0.39 is 0 Å². The lowest BCUT2D eigenvalue weighted by atomic mass is 9.96. The van der Waals surface area contributed by atoms with Crippen LogP contribution in [0.4, 0.5) is 0 Å². The van der Waals surface area contributed by atoms with Crippen LogP contribution in [0.15, 0.2) is 12.4 Å². The average Bonchev–Trinajstić information content (AvgIpc) is 2.97. The average molecular weight is 322 g/mol. The molecular formula is C16H26N4O3. The molecule has 2 rings (SSSR count). The van der Waals surface area contributed by atoms with Crippen LogP contribution in [0.3, 0.4) is 0 Å². The molecule has 0 aromatic carbocycles. The number of nitrogens with zero attached hydrogens (tertiary/aromatic N) is 4. The number of aryl methyl sites for hydroxylation is 1. The summed E-state index contributed by atoms with van der Waals surface area (Å²) in [7, 11) is 0. The highest BCUT2D eigenvalue weighted by molar-refractivity contribution is 5.92.